The first-order chi connectivity index (χ1) is 7.34. The van der Waals surface area contributed by atoms with Crippen molar-refractivity contribution in [2.75, 3.05) is 0 Å². The summed E-state index contributed by atoms with van der Waals surface area (Å²) in [5.74, 6) is 0. The van der Waals surface area contributed by atoms with E-state index in [1.165, 1.54) is 16.5 Å². The number of hydrogen-bond acceptors (Lipinski definition) is 1. The number of benzene rings is 1. The van der Waals surface area contributed by atoms with Gasteiger partial charge in [0.1, 0.15) is 0 Å². The Bertz CT molecular complexity index is 590. The molecule has 15 heavy (non-hydrogen) atoms. The lowest BCUT2D eigenvalue weighted by molar-refractivity contribution is 1.09. The van der Waals surface area contributed by atoms with Gasteiger partial charge in [-0.05, 0) is 30.7 Å². The van der Waals surface area contributed by atoms with Crippen molar-refractivity contribution < 1.29 is 0 Å². The van der Waals surface area contributed by atoms with Crippen molar-refractivity contribution in [2.45, 2.75) is 6.92 Å². The van der Waals surface area contributed by atoms with Crippen LogP contribution >= 0.6 is 0 Å². The van der Waals surface area contributed by atoms with Crippen molar-refractivity contribution in [1.82, 2.24) is 15.2 Å². The zero-order chi connectivity index (χ0) is 10.3. The van der Waals surface area contributed by atoms with Crippen LogP contribution in [0.5, 0.6) is 0 Å². The average molecular weight is 197 g/mol. The minimum absolute atomic E-state index is 1.02. The van der Waals surface area contributed by atoms with Crippen LogP contribution in [-0.2, 0) is 0 Å². The molecular weight excluding hydrogens is 186 g/mol. The topological polar surface area (TPSA) is 44.5 Å². The second kappa shape index (κ2) is 2.98. The fourth-order valence-electron chi connectivity index (χ4n) is 1.86. The number of H-pyrrole nitrogens is 2. The van der Waals surface area contributed by atoms with Crippen LogP contribution in [-0.4, -0.2) is 15.2 Å². The summed E-state index contributed by atoms with van der Waals surface area (Å²) in [5, 5.41) is 8.16. The first kappa shape index (κ1) is 8.29. The summed E-state index contributed by atoms with van der Waals surface area (Å²) in [6, 6.07) is 10.4. The van der Waals surface area contributed by atoms with Gasteiger partial charge in [0.05, 0.1) is 11.4 Å². The van der Waals surface area contributed by atoms with E-state index in [9.17, 15) is 0 Å². The van der Waals surface area contributed by atoms with E-state index in [4.69, 9.17) is 0 Å². The molecule has 0 spiro atoms. The highest BCUT2D eigenvalue weighted by Crippen LogP contribution is 2.24. The number of hydrogen-bond donors (Lipinski definition) is 2. The lowest BCUT2D eigenvalue weighted by Gasteiger charge is -1.92. The fourth-order valence-corrected chi connectivity index (χ4v) is 1.86. The molecule has 0 saturated carbocycles. The van der Waals surface area contributed by atoms with Gasteiger partial charge in [0.15, 0.2) is 0 Å². The van der Waals surface area contributed by atoms with Crippen molar-refractivity contribution in [3.8, 4) is 11.4 Å². The molecule has 2 heterocycles. The molecule has 0 fully saturated rings. The zero-order valence-electron chi connectivity index (χ0n) is 8.41. The first-order valence-corrected chi connectivity index (χ1v) is 4.93. The molecule has 0 aliphatic heterocycles. The summed E-state index contributed by atoms with van der Waals surface area (Å²) < 4.78 is 0. The van der Waals surface area contributed by atoms with Crippen LogP contribution in [0.2, 0.25) is 0 Å². The van der Waals surface area contributed by atoms with E-state index in [1.54, 1.807) is 6.20 Å². The smallest absolute Gasteiger partial charge is 0.0812 e. The second-order valence-corrected chi connectivity index (χ2v) is 3.69. The summed E-state index contributed by atoms with van der Waals surface area (Å²) >= 11 is 0. The molecule has 1 aromatic carbocycles. The largest absolute Gasteiger partial charge is 0.353 e. The molecule has 0 bridgehead atoms. The molecule has 2 aromatic heterocycles. The van der Waals surface area contributed by atoms with Gasteiger partial charge in [0.2, 0.25) is 0 Å². The lowest BCUT2D eigenvalue weighted by atomic mass is 10.1. The van der Waals surface area contributed by atoms with Gasteiger partial charge in [-0.25, -0.2) is 0 Å². The van der Waals surface area contributed by atoms with Crippen LogP contribution in [0.15, 0.2) is 36.5 Å². The van der Waals surface area contributed by atoms with Crippen molar-refractivity contribution >= 4 is 10.9 Å². The molecule has 0 radical (unpaired) electrons. The van der Waals surface area contributed by atoms with Crippen LogP contribution < -0.4 is 0 Å². The zero-order valence-corrected chi connectivity index (χ0v) is 8.41. The minimum Gasteiger partial charge on any atom is -0.353 e. The van der Waals surface area contributed by atoms with Crippen molar-refractivity contribution in [3.05, 3.63) is 42.1 Å². The first-order valence-electron chi connectivity index (χ1n) is 4.93. The molecule has 3 heteroatoms. The van der Waals surface area contributed by atoms with Crippen molar-refractivity contribution in [1.29, 1.82) is 0 Å². The molecule has 3 nitrogen and oxygen atoms in total. The number of nitrogens with zero attached hydrogens (tertiary/aromatic N) is 1. The number of nitrogens with one attached hydrogen (secondary N) is 2. The van der Waals surface area contributed by atoms with Gasteiger partial charge in [0.25, 0.3) is 0 Å². The van der Waals surface area contributed by atoms with E-state index in [0.29, 0.717) is 0 Å². The van der Waals surface area contributed by atoms with Gasteiger partial charge in [-0.2, -0.15) is 5.10 Å². The molecule has 3 aromatic rings. The molecule has 0 aliphatic rings. The lowest BCUT2D eigenvalue weighted by Crippen LogP contribution is -1.75. The number of aromatic amines is 2. The van der Waals surface area contributed by atoms with E-state index >= 15 is 0 Å². The Hall–Kier alpha value is -2.03. The van der Waals surface area contributed by atoms with Gasteiger partial charge in [-0.3, -0.25) is 5.10 Å². The van der Waals surface area contributed by atoms with Crippen LogP contribution in [0, 0.1) is 6.92 Å². The third-order valence-corrected chi connectivity index (χ3v) is 2.67. The van der Waals surface area contributed by atoms with Crippen LogP contribution in [0.4, 0.5) is 0 Å². The molecule has 0 aliphatic carbocycles. The Labute approximate surface area is 87.1 Å². The number of rotatable bonds is 1. The second-order valence-electron chi connectivity index (χ2n) is 3.69. The summed E-state index contributed by atoms with van der Waals surface area (Å²) in [4.78, 5) is 3.37. The molecule has 3 rings (SSSR count). The molecule has 0 amide bonds. The number of aromatic nitrogens is 3. The third-order valence-electron chi connectivity index (χ3n) is 2.67. The van der Waals surface area contributed by atoms with Gasteiger partial charge in [0, 0.05) is 17.1 Å². The van der Waals surface area contributed by atoms with Crippen molar-refractivity contribution in [2.24, 2.45) is 0 Å². The van der Waals surface area contributed by atoms with E-state index < -0.39 is 0 Å². The van der Waals surface area contributed by atoms with Gasteiger partial charge in [-0.15, -0.1) is 0 Å². The Morgan fingerprint density at radius 1 is 1.13 bits per heavy atom. The van der Waals surface area contributed by atoms with Crippen LogP contribution in [0.25, 0.3) is 22.3 Å². The minimum atomic E-state index is 1.02. The fraction of sp³-hybridized carbons (Fsp3) is 0.0833. The maximum absolute atomic E-state index is 3.95. The SMILES string of the molecule is Cc1cccc2[nH]c(-c3ccn[nH]3)cc12. The molecular formula is C12H11N3. The highest BCUT2D eigenvalue weighted by atomic mass is 15.1. The standard InChI is InChI=1S/C12H11N3/c1-8-3-2-4-10-9(8)7-12(14-10)11-5-6-13-15-11/h2-7,14H,1H3,(H,13,15). The van der Waals surface area contributed by atoms with E-state index in [-0.39, 0.29) is 0 Å². The predicted molar refractivity (Wildman–Crippen MR) is 60.6 cm³/mol. The maximum atomic E-state index is 3.95. The Morgan fingerprint density at radius 2 is 2.07 bits per heavy atom. The predicted octanol–water partition coefficient (Wildman–Crippen LogP) is 2.87. The van der Waals surface area contributed by atoms with E-state index in [0.717, 1.165) is 11.4 Å². The molecule has 2 N–H and O–H groups in total. The van der Waals surface area contributed by atoms with Gasteiger partial charge in [-0.1, -0.05) is 12.1 Å². The Kier molecular flexibility index (Phi) is 1.65. The van der Waals surface area contributed by atoms with Gasteiger partial charge < -0.3 is 4.98 Å². The highest BCUT2D eigenvalue weighted by molar-refractivity contribution is 5.87. The molecule has 0 unspecified atom stereocenters. The summed E-state index contributed by atoms with van der Waals surface area (Å²) in [7, 11) is 0. The molecule has 0 atom stereocenters. The molecule has 74 valence electrons. The van der Waals surface area contributed by atoms with Crippen LogP contribution in [0.3, 0.4) is 0 Å². The normalized spacial score (nSPS) is 11.0. The number of fused-ring (bicyclic) bond motifs is 1. The van der Waals surface area contributed by atoms with E-state index in [2.05, 4.69) is 46.4 Å². The van der Waals surface area contributed by atoms with Crippen molar-refractivity contribution in [3.63, 3.8) is 0 Å². The third kappa shape index (κ3) is 1.24. The average Bonchev–Trinajstić information content (AvgIpc) is 2.86. The highest BCUT2D eigenvalue weighted by Gasteiger charge is 2.04. The van der Waals surface area contributed by atoms with E-state index in [1.807, 2.05) is 6.07 Å². The Morgan fingerprint density at radius 3 is 2.80 bits per heavy atom. The monoisotopic (exact) mass is 197 g/mol. The van der Waals surface area contributed by atoms with Crippen LogP contribution in [0.1, 0.15) is 5.56 Å². The quantitative estimate of drug-likeness (QED) is 0.619. The number of aryl methyl sites for hydroxylation is 1. The summed E-state index contributed by atoms with van der Waals surface area (Å²) in [6.07, 6.45) is 1.76. The molecule has 0 saturated heterocycles. The summed E-state index contributed by atoms with van der Waals surface area (Å²) in [6.45, 7) is 2.12. The maximum Gasteiger partial charge on any atom is 0.0812 e. The Balaban J connectivity index is 2.27. The van der Waals surface area contributed by atoms with Gasteiger partial charge >= 0.3 is 0 Å². The summed E-state index contributed by atoms with van der Waals surface area (Å²) in [5.41, 5.74) is 4.55.